The molecule has 1 unspecified atom stereocenters. The monoisotopic (exact) mass is 366 g/mol. The summed E-state index contributed by atoms with van der Waals surface area (Å²) in [5.74, 6) is -0.308. The minimum Gasteiger partial charge on any atom is -0.462 e. The lowest BCUT2D eigenvalue weighted by Gasteiger charge is -2.08. The van der Waals surface area contributed by atoms with Crippen LogP contribution < -0.4 is 0 Å². The Balaban J connectivity index is 1.55. The highest BCUT2D eigenvalue weighted by atomic mass is 16.6. The second-order valence-electron chi connectivity index (χ2n) is 6.60. The smallest absolute Gasteiger partial charge is 0.338 e. The van der Waals surface area contributed by atoms with Gasteiger partial charge in [-0.05, 0) is 47.7 Å². The van der Waals surface area contributed by atoms with E-state index in [-0.39, 0.29) is 10.9 Å². The molecule has 1 aromatic heterocycles. The van der Waals surface area contributed by atoms with Gasteiger partial charge in [-0.2, -0.15) is 0 Å². The van der Waals surface area contributed by atoms with E-state index in [1.54, 1.807) is 19.1 Å². The first-order valence-electron chi connectivity index (χ1n) is 8.98. The fraction of sp³-hybridized carbons (Fsp3) is 0.286. The Morgan fingerprint density at radius 2 is 1.96 bits per heavy atom. The van der Waals surface area contributed by atoms with Crippen LogP contribution in [-0.4, -0.2) is 28.1 Å². The van der Waals surface area contributed by atoms with E-state index in [0.717, 1.165) is 23.0 Å². The van der Waals surface area contributed by atoms with E-state index in [4.69, 9.17) is 4.74 Å². The van der Waals surface area contributed by atoms with Crippen molar-refractivity contribution in [2.45, 2.75) is 32.4 Å². The third-order valence-corrected chi connectivity index (χ3v) is 4.51. The van der Waals surface area contributed by atoms with Crippen molar-refractivity contribution in [3.05, 3.63) is 82.0 Å². The molecule has 0 aliphatic carbocycles. The first-order chi connectivity index (χ1) is 13.0. The Labute approximate surface area is 157 Å². The van der Waals surface area contributed by atoms with Crippen molar-refractivity contribution in [2.24, 2.45) is 0 Å². The van der Waals surface area contributed by atoms with Crippen LogP contribution in [0.3, 0.4) is 0 Å². The summed E-state index contributed by atoms with van der Waals surface area (Å²) in [6.07, 6.45) is 3.12. The number of esters is 1. The molecule has 0 fully saturated rings. The molecule has 3 aromatic rings. The summed E-state index contributed by atoms with van der Waals surface area (Å²) >= 11 is 0. The molecule has 0 amide bonds. The van der Waals surface area contributed by atoms with Gasteiger partial charge in [0.1, 0.15) is 0 Å². The standard InChI is InChI=1S/C21H22N2O4/c1-16(23(25)26)14-17-8-9-20-19(15-17)10-12-22(20)11-5-13-27-21(24)18-6-3-2-4-7-18/h2-4,6-10,12,15-16H,5,11,13-14H2,1H3. The van der Waals surface area contributed by atoms with E-state index >= 15 is 0 Å². The van der Waals surface area contributed by atoms with Crippen LogP contribution in [0.1, 0.15) is 29.3 Å². The summed E-state index contributed by atoms with van der Waals surface area (Å²) in [6, 6.07) is 16.3. The van der Waals surface area contributed by atoms with E-state index < -0.39 is 6.04 Å². The molecule has 0 radical (unpaired) electrons. The molecule has 0 bridgehead atoms. The zero-order chi connectivity index (χ0) is 19.2. The maximum atomic E-state index is 11.9. The molecule has 1 atom stereocenters. The first kappa shape index (κ1) is 18.6. The average molecular weight is 366 g/mol. The van der Waals surface area contributed by atoms with Crippen LogP contribution in [0.4, 0.5) is 0 Å². The van der Waals surface area contributed by atoms with Gasteiger partial charge in [-0.25, -0.2) is 4.79 Å². The van der Waals surface area contributed by atoms with Gasteiger partial charge in [-0.1, -0.05) is 24.3 Å². The van der Waals surface area contributed by atoms with E-state index in [9.17, 15) is 14.9 Å². The highest BCUT2D eigenvalue weighted by molar-refractivity contribution is 5.89. The molecule has 0 saturated carbocycles. The highest BCUT2D eigenvalue weighted by Crippen LogP contribution is 2.19. The molecule has 6 heteroatoms. The van der Waals surface area contributed by atoms with Gasteiger partial charge < -0.3 is 9.30 Å². The van der Waals surface area contributed by atoms with Crippen molar-refractivity contribution in [2.75, 3.05) is 6.61 Å². The molecule has 2 aromatic carbocycles. The SMILES string of the molecule is CC(Cc1ccc2c(ccn2CCCOC(=O)c2ccccc2)c1)[N+](=O)[O-]. The summed E-state index contributed by atoms with van der Waals surface area (Å²) in [4.78, 5) is 22.5. The normalized spacial score (nSPS) is 12.0. The molecule has 1 heterocycles. The third-order valence-electron chi connectivity index (χ3n) is 4.51. The number of aromatic nitrogens is 1. The van der Waals surface area contributed by atoms with Gasteiger partial charge in [0.05, 0.1) is 12.2 Å². The summed E-state index contributed by atoms with van der Waals surface area (Å²) in [5.41, 5.74) is 2.59. The minimum absolute atomic E-state index is 0.258. The number of ether oxygens (including phenoxy) is 1. The first-order valence-corrected chi connectivity index (χ1v) is 8.98. The fourth-order valence-corrected chi connectivity index (χ4v) is 3.04. The molecule has 0 N–H and O–H groups in total. The maximum Gasteiger partial charge on any atom is 0.338 e. The van der Waals surface area contributed by atoms with Crippen molar-refractivity contribution in [1.82, 2.24) is 4.57 Å². The summed E-state index contributed by atoms with van der Waals surface area (Å²) < 4.78 is 7.41. The largest absolute Gasteiger partial charge is 0.462 e. The minimum atomic E-state index is -0.594. The van der Waals surface area contributed by atoms with Gasteiger partial charge in [-0.15, -0.1) is 0 Å². The van der Waals surface area contributed by atoms with E-state index in [2.05, 4.69) is 4.57 Å². The van der Waals surface area contributed by atoms with Gasteiger partial charge in [0.15, 0.2) is 0 Å². The zero-order valence-electron chi connectivity index (χ0n) is 15.2. The van der Waals surface area contributed by atoms with Crippen molar-refractivity contribution < 1.29 is 14.5 Å². The van der Waals surface area contributed by atoms with E-state index in [1.807, 2.05) is 48.7 Å². The van der Waals surface area contributed by atoms with Crippen molar-refractivity contribution in [3.63, 3.8) is 0 Å². The molecular formula is C21H22N2O4. The average Bonchev–Trinajstić information content (AvgIpc) is 3.08. The fourth-order valence-electron chi connectivity index (χ4n) is 3.04. The van der Waals surface area contributed by atoms with Crippen LogP contribution in [0.2, 0.25) is 0 Å². The quantitative estimate of drug-likeness (QED) is 0.260. The Morgan fingerprint density at radius 3 is 2.70 bits per heavy atom. The maximum absolute atomic E-state index is 11.9. The summed E-state index contributed by atoms with van der Waals surface area (Å²) in [6.45, 7) is 2.70. The number of fused-ring (bicyclic) bond motifs is 1. The Morgan fingerprint density at radius 1 is 1.19 bits per heavy atom. The molecule has 0 saturated heterocycles. The van der Waals surface area contributed by atoms with Crippen LogP contribution in [-0.2, 0) is 17.7 Å². The second kappa shape index (κ2) is 8.49. The van der Waals surface area contributed by atoms with Gasteiger partial charge in [0, 0.05) is 36.5 Å². The molecule has 0 aliphatic rings. The van der Waals surface area contributed by atoms with Crippen LogP contribution in [0, 0.1) is 10.1 Å². The van der Waals surface area contributed by atoms with Gasteiger partial charge in [-0.3, -0.25) is 10.1 Å². The van der Waals surface area contributed by atoms with E-state index in [0.29, 0.717) is 25.0 Å². The molecule has 0 aliphatic heterocycles. The second-order valence-corrected chi connectivity index (χ2v) is 6.60. The topological polar surface area (TPSA) is 74.4 Å². The van der Waals surface area contributed by atoms with Gasteiger partial charge in [0.2, 0.25) is 6.04 Å². The number of carbonyl (C=O) groups excluding carboxylic acids is 1. The van der Waals surface area contributed by atoms with Crippen molar-refractivity contribution >= 4 is 16.9 Å². The van der Waals surface area contributed by atoms with Crippen molar-refractivity contribution in [1.29, 1.82) is 0 Å². The Hall–Kier alpha value is -3.15. The lowest BCUT2D eigenvalue weighted by atomic mass is 10.1. The van der Waals surface area contributed by atoms with Crippen LogP contribution in [0.5, 0.6) is 0 Å². The molecule has 140 valence electrons. The predicted octanol–water partition coefficient (Wildman–Crippen LogP) is 4.10. The number of hydrogen-bond acceptors (Lipinski definition) is 4. The Kier molecular flexibility index (Phi) is 5.86. The number of nitro groups is 1. The number of hydrogen-bond donors (Lipinski definition) is 0. The Bertz CT molecular complexity index is 934. The number of benzene rings is 2. The summed E-state index contributed by atoms with van der Waals surface area (Å²) in [7, 11) is 0. The number of aryl methyl sites for hydroxylation is 1. The third kappa shape index (κ3) is 4.73. The number of rotatable bonds is 8. The molecule has 3 rings (SSSR count). The number of nitrogens with zero attached hydrogens (tertiary/aromatic N) is 2. The zero-order valence-corrected chi connectivity index (χ0v) is 15.2. The summed E-state index contributed by atoms with van der Waals surface area (Å²) in [5, 5.41) is 11.9. The lowest BCUT2D eigenvalue weighted by molar-refractivity contribution is -0.517. The lowest BCUT2D eigenvalue weighted by Crippen LogP contribution is -2.17. The van der Waals surface area contributed by atoms with E-state index in [1.165, 1.54) is 0 Å². The molecule has 27 heavy (non-hydrogen) atoms. The van der Waals surface area contributed by atoms with Crippen LogP contribution in [0.25, 0.3) is 10.9 Å². The van der Waals surface area contributed by atoms with Crippen molar-refractivity contribution in [3.8, 4) is 0 Å². The molecule has 0 spiro atoms. The van der Waals surface area contributed by atoms with Crippen LogP contribution >= 0.6 is 0 Å². The molecular weight excluding hydrogens is 344 g/mol. The highest BCUT2D eigenvalue weighted by Gasteiger charge is 2.14. The van der Waals surface area contributed by atoms with Crippen LogP contribution in [0.15, 0.2) is 60.8 Å². The molecule has 6 nitrogen and oxygen atoms in total. The van der Waals surface area contributed by atoms with Gasteiger partial charge in [0.25, 0.3) is 0 Å². The van der Waals surface area contributed by atoms with Gasteiger partial charge >= 0.3 is 5.97 Å². The number of carbonyl (C=O) groups is 1. The predicted molar refractivity (Wildman–Crippen MR) is 103 cm³/mol.